The first kappa shape index (κ1) is 16.5. The summed E-state index contributed by atoms with van der Waals surface area (Å²) >= 11 is 0. The molecule has 24 heavy (non-hydrogen) atoms. The van der Waals surface area contributed by atoms with Crippen LogP contribution < -0.4 is 10.5 Å². The molecule has 5 heteroatoms. The Hall–Kier alpha value is -2.40. The van der Waals surface area contributed by atoms with Gasteiger partial charge in [0.25, 0.3) is 0 Å². The minimum absolute atomic E-state index is 0.0347. The Labute approximate surface area is 141 Å². The van der Waals surface area contributed by atoms with Crippen molar-refractivity contribution in [3.8, 4) is 5.75 Å². The molecule has 0 radical (unpaired) electrons. The molecule has 1 saturated heterocycles. The van der Waals surface area contributed by atoms with Gasteiger partial charge in [0.15, 0.2) is 0 Å². The lowest BCUT2D eigenvalue weighted by Gasteiger charge is -2.33. The maximum Gasteiger partial charge on any atom is 0.244 e. The van der Waals surface area contributed by atoms with Gasteiger partial charge in [-0.1, -0.05) is 30.3 Å². The Morgan fingerprint density at radius 2 is 1.71 bits per heavy atom. The minimum Gasteiger partial charge on any atom is -0.490 e. The molecule has 1 fully saturated rings. The van der Waals surface area contributed by atoms with Gasteiger partial charge >= 0.3 is 0 Å². The van der Waals surface area contributed by atoms with E-state index in [1.807, 2.05) is 30.3 Å². The van der Waals surface area contributed by atoms with Gasteiger partial charge in [-0.15, -0.1) is 0 Å². The Morgan fingerprint density at radius 1 is 1.08 bits per heavy atom. The molecule has 0 aromatic heterocycles. The fourth-order valence-electron chi connectivity index (χ4n) is 2.90. The van der Waals surface area contributed by atoms with Gasteiger partial charge in [-0.25, -0.2) is 4.39 Å². The van der Waals surface area contributed by atoms with Crippen LogP contribution in [0.4, 0.5) is 4.39 Å². The second-order valence-corrected chi connectivity index (χ2v) is 5.98. The molecule has 3 rings (SSSR count). The highest BCUT2D eigenvalue weighted by molar-refractivity contribution is 5.83. The Bertz CT molecular complexity index is 668. The molecular weight excluding hydrogens is 307 g/mol. The van der Waals surface area contributed by atoms with Crippen molar-refractivity contribution in [3.05, 3.63) is 66.0 Å². The first-order valence-corrected chi connectivity index (χ1v) is 8.15. The SMILES string of the molecule is N[C@H](C(=O)N1CCC(Oc2ccc(F)cc2)CC1)c1ccccc1. The third-order valence-corrected chi connectivity index (χ3v) is 4.29. The van der Waals surface area contributed by atoms with Crippen LogP contribution in [0.1, 0.15) is 24.4 Å². The van der Waals surface area contributed by atoms with Gasteiger partial charge in [-0.2, -0.15) is 0 Å². The summed E-state index contributed by atoms with van der Waals surface area (Å²) in [6, 6.07) is 14.8. The molecule has 0 aliphatic carbocycles. The van der Waals surface area contributed by atoms with Crippen molar-refractivity contribution in [2.45, 2.75) is 25.0 Å². The number of nitrogens with zero attached hydrogens (tertiary/aromatic N) is 1. The van der Waals surface area contributed by atoms with Crippen LogP contribution >= 0.6 is 0 Å². The molecule has 0 saturated carbocycles. The summed E-state index contributed by atoms with van der Waals surface area (Å²) < 4.78 is 18.8. The fourth-order valence-corrected chi connectivity index (χ4v) is 2.90. The van der Waals surface area contributed by atoms with Crippen molar-refractivity contribution in [1.82, 2.24) is 4.90 Å². The molecule has 2 N–H and O–H groups in total. The van der Waals surface area contributed by atoms with E-state index in [1.165, 1.54) is 12.1 Å². The largest absolute Gasteiger partial charge is 0.490 e. The second kappa shape index (κ2) is 7.45. The summed E-state index contributed by atoms with van der Waals surface area (Å²) in [6.07, 6.45) is 1.52. The van der Waals surface area contributed by atoms with E-state index in [9.17, 15) is 9.18 Å². The van der Waals surface area contributed by atoms with E-state index >= 15 is 0 Å². The summed E-state index contributed by atoms with van der Waals surface area (Å²) in [7, 11) is 0. The highest BCUT2D eigenvalue weighted by atomic mass is 19.1. The third kappa shape index (κ3) is 3.92. The first-order chi connectivity index (χ1) is 11.6. The summed E-state index contributed by atoms with van der Waals surface area (Å²) in [4.78, 5) is 14.3. The highest BCUT2D eigenvalue weighted by Gasteiger charge is 2.27. The maximum absolute atomic E-state index is 12.9. The van der Waals surface area contributed by atoms with Crippen molar-refractivity contribution in [3.63, 3.8) is 0 Å². The van der Waals surface area contributed by atoms with E-state index in [4.69, 9.17) is 10.5 Å². The number of halogens is 1. The molecule has 2 aromatic rings. The van der Waals surface area contributed by atoms with E-state index in [1.54, 1.807) is 17.0 Å². The zero-order valence-electron chi connectivity index (χ0n) is 13.4. The van der Waals surface area contributed by atoms with Crippen molar-refractivity contribution >= 4 is 5.91 Å². The van der Waals surface area contributed by atoms with Crippen LogP contribution in [0.3, 0.4) is 0 Å². The fraction of sp³-hybridized carbons (Fsp3) is 0.316. The van der Waals surface area contributed by atoms with Gasteiger partial charge in [-0.3, -0.25) is 4.79 Å². The maximum atomic E-state index is 12.9. The van der Waals surface area contributed by atoms with E-state index in [0.717, 1.165) is 18.4 Å². The average molecular weight is 328 g/mol. The molecule has 0 spiro atoms. The van der Waals surface area contributed by atoms with E-state index < -0.39 is 6.04 Å². The highest BCUT2D eigenvalue weighted by Crippen LogP contribution is 2.21. The van der Waals surface area contributed by atoms with E-state index in [-0.39, 0.29) is 17.8 Å². The van der Waals surface area contributed by atoms with Gasteiger partial charge in [0.05, 0.1) is 0 Å². The summed E-state index contributed by atoms with van der Waals surface area (Å²) in [5, 5.41) is 0. The predicted molar refractivity (Wildman–Crippen MR) is 90.0 cm³/mol. The van der Waals surface area contributed by atoms with Gasteiger partial charge in [0.2, 0.25) is 5.91 Å². The van der Waals surface area contributed by atoms with Crippen LogP contribution in [0.25, 0.3) is 0 Å². The quantitative estimate of drug-likeness (QED) is 0.939. The van der Waals surface area contributed by atoms with Crippen LogP contribution in [-0.2, 0) is 4.79 Å². The van der Waals surface area contributed by atoms with Gasteiger partial charge in [0, 0.05) is 25.9 Å². The number of amides is 1. The summed E-state index contributed by atoms with van der Waals surface area (Å²) in [6.45, 7) is 1.23. The Morgan fingerprint density at radius 3 is 2.33 bits per heavy atom. The molecule has 4 nitrogen and oxygen atoms in total. The number of carbonyl (C=O) groups excluding carboxylic acids is 1. The second-order valence-electron chi connectivity index (χ2n) is 5.98. The van der Waals surface area contributed by atoms with Crippen LogP contribution in [-0.4, -0.2) is 30.0 Å². The number of likely N-dealkylation sites (tertiary alicyclic amines) is 1. The molecule has 2 aromatic carbocycles. The zero-order chi connectivity index (χ0) is 16.9. The number of carbonyl (C=O) groups is 1. The number of rotatable bonds is 4. The molecule has 1 heterocycles. The average Bonchev–Trinajstić information content (AvgIpc) is 2.64. The number of ether oxygens (including phenoxy) is 1. The van der Waals surface area contributed by atoms with Gasteiger partial charge < -0.3 is 15.4 Å². The van der Waals surface area contributed by atoms with Crippen molar-refractivity contribution in [2.75, 3.05) is 13.1 Å². The zero-order valence-corrected chi connectivity index (χ0v) is 13.4. The van der Waals surface area contributed by atoms with Crippen molar-refractivity contribution in [1.29, 1.82) is 0 Å². The van der Waals surface area contributed by atoms with Gasteiger partial charge in [-0.05, 0) is 29.8 Å². The van der Waals surface area contributed by atoms with Crippen LogP contribution in [0, 0.1) is 5.82 Å². The normalized spacial score (nSPS) is 16.7. The number of hydrogen-bond donors (Lipinski definition) is 1. The minimum atomic E-state index is -0.624. The number of nitrogens with two attached hydrogens (primary N) is 1. The molecule has 0 bridgehead atoms. The lowest BCUT2D eigenvalue weighted by molar-refractivity contribution is -0.134. The number of benzene rings is 2. The Balaban J connectivity index is 1.53. The van der Waals surface area contributed by atoms with Crippen LogP contribution in [0.2, 0.25) is 0 Å². The topological polar surface area (TPSA) is 55.6 Å². The van der Waals surface area contributed by atoms with Crippen LogP contribution in [0.15, 0.2) is 54.6 Å². The molecule has 1 aliphatic rings. The molecule has 126 valence electrons. The standard InChI is InChI=1S/C19H21FN2O2/c20-15-6-8-16(9-7-15)24-17-10-12-22(13-11-17)19(23)18(21)14-4-2-1-3-5-14/h1-9,17-18H,10-13,21H2/t18-/m0/s1. The predicted octanol–water partition coefficient (Wildman–Crippen LogP) is 2.90. The van der Waals surface area contributed by atoms with Gasteiger partial charge in [0.1, 0.15) is 23.7 Å². The lowest BCUT2D eigenvalue weighted by atomic mass is 10.0. The molecule has 0 unspecified atom stereocenters. The van der Waals surface area contributed by atoms with Crippen molar-refractivity contribution in [2.24, 2.45) is 5.73 Å². The third-order valence-electron chi connectivity index (χ3n) is 4.29. The number of piperidine rings is 1. The Kier molecular flexibility index (Phi) is 5.11. The summed E-state index contributed by atoms with van der Waals surface area (Å²) in [5.41, 5.74) is 6.91. The molecular formula is C19H21FN2O2. The van der Waals surface area contributed by atoms with Crippen molar-refractivity contribution < 1.29 is 13.9 Å². The monoisotopic (exact) mass is 328 g/mol. The number of hydrogen-bond acceptors (Lipinski definition) is 3. The molecule has 1 amide bonds. The summed E-state index contributed by atoms with van der Waals surface area (Å²) in [5.74, 6) is 0.321. The molecule has 1 aliphatic heterocycles. The first-order valence-electron chi connectivity index (χ1n) is 8.15. The molecule has 1 atom stereocenters. The van der Waals surface area contributed by atoms with E-state index in [0.29, 0.717) is 18.8 Å². The smallest absolute Gasteiger partial charge is 0.244 e. The van der Waals surface area contributed by atoms with Crippen LogP contribution in [0.5, 0.6) is 5.75 Å². The lowest BCUT2D eigenvalue weighted by Crippen LogP contribution is -2.45. The van der Waals surface area contributed by atoms with E-state index in [2.05, 4.69) is 0 Å².